The molecule has 3 rings (SSSR count). The molecule has 0 bridgehead atoms. The van der Waals surface area contributed by atoms with Gasteiger partial charge in [0.05, 0.1) is 25.1 Å². The molecule has 0 aliphatic carbocycles. The van der Waals surface area contributed by atoms with Crippen molar-refractivity contribution >= 4 is 33.3 Å². The predicted molar refractivity (Wildman–Crippen MR) is 116 cm³/mol. The van der Waals surface area contributed by atoms with Gasteiger partial charge in [0.1, 0.15) is 27.6 Å². The second-order valence-corrected chi connectivity index (χ2v) is 7.78. The molecule has 8 heteroatoms. The summed E-state index contributed by atoms with van der Waals surface area (Å²) in [6.07, 6.45) is 1.52. The summed E-state index contributed by atoms with van der Waals surface area (Å²) in [4.78, 5) is 24.5. The van der Waals surface area contributed by atoms with Crippen LogP contribution in [0.25, 0.3) is 10.2 Å². The van der Waals surface area contributed by atoms with Crippen molar-refractivity contribution < 1.29 is 14.3 Å². The Morgan fingerprint density at radius 3 is 2.72 bits per heavy atom. The molecule has 0 saturated heterocycles. The highest BCUT2D eigenvalue weighted by Crippen LogP contribution is 2.34. The molecule has 0 amide bonds. The van der Waals surface area contributed by atoms with Gasteiger partial charge in [-0.3, -0.25) is 0 Å². The van der Waals surface area contributed by atoms with Crippen molar-refractivity contribution in [3.8, 4) is 5.75 Å². The standard InChI is InChI=1S/C21H26N4O3S/c1-6-28-21(26)18-13(2)17-19(23-12-24-20(17)29-18)22-11-15(25(3)4)14-9-7-8-10-16(14)27-5/h7-10,12,15H,6,11H2,1-5H3,(H,22,23,24). The Labute approximate surface area is 174 Å². The van der Waals surface area contributed by atoms with Crippen molar-refractivity contribution in [3.05, 3.63) is 46.6 Å². The summed E-state index contributed by atoms with van der Waals surface area (Å²) in [5, 5.41) is 4.31. The van der Waals surface area contributed by atoms with Gasteiger partial charge in [-0.1, -0.05) is 18.2 Å². The number of aryl methyl sites for hydroxylation is 1. The van der Waals surface area contributed by atoms with Crippen LogP contribution in [0.1, 0.15) is 33.8 Å². The summed E-state index contributed by atoms with van der Waals surface area (Å²) in [5.41, 5.74) is 1.93. The maximum Gasteiger partial charge on any atom is 0.348 e. The Bertz CT molecular complexity index is 1000. The van der Waals surface area contributed by atoms with E-state index >= 15 is 0 Å². The number of carbonyl (C=O) groups is 1. The molecule has 1 unspecified atom stereocenters. The third kappa shape index (κ3) is 4.33. The largest absolute Gasteiger partial charge is 0.496 e. The molecule has 0 radical (unpaired) electrons. The highest BCUT2D eigenvalue weighted by Gasteiger charge is 2.22. The average molecular weight is 415 g/mol. The molecule has 0 spiro atoms. The minimum absolute atomic E-state index is 0.0691. The van der Waals surface area contributed by atoms with Gasteiger partial charge >= 0.3 is 5.97 Å². The number of aromatic nitrogens is 2. The molecule has 154 valence electrons. The molecule has 0 fully saturated rings. The number of ether oxygens (including phenoxy) is 2. The summed E-state index contributed by atoms with van der Waals surface area (Å²) in [6, 6.07) is 8.06. The molecule has 0 aliphatic rings. The number of benzene rings is 1. The monoisotopic (exact) mass is 414 g/mol. The van der Waals surface area contributed by atoms with Crippen molar-refractivity contribution in [2.24, 2.45) is 0 Å². The van der Waals surface area contributed by atoms with E-state index in [2.05, 4.69) is 26.3 Å². The number of anilines is 1. The van der Waals surface area contributed by atoms with E-state index in [1.54, 1.807) is 14.0 Å². The van der Waals surface area contributed by atoms with E-state index in [1.807, 2.05) is 39.2 Å². The highest BCUT2D eigenvalue weighted by atomic mass is 32.1. The maximum atomic E-state index is 12.3. The average Bonchev–Trinajstić information content (AvgIpc) is 3.06. The van der Waals surface area contributed by atoms with Crippen LogP contribution < -0.4 is 10.1 Å². The van der Waals surface area contributed by atoms with Crippen LogP contribution in [0.3, 0.4) is 0 Å². The lowest BCUT2D eigenvalue weighted by molar-refractivity contribution is 0.0531. The molecule has 29 heavy (non-hydrogen) atoms. The molecular formula is C21H26N4O3S. The molecule has 7 nitrogen and oxygen atoms in total. The number of hydrogen-bond acceptors (Lipinski definition) is 8. The van der Waals surface area contributed by atoms with Gasteiger partial charge in [0.2, 0.25) is 0 Å². The fourth-order valence-electron chi connectivity index (χ4n) is 3.30. The SMILES string of the molecule is CCOC(=O)c1sc2ncnc(NCC(c3ccccc3OC)N(C)C)c2c1C. The smallest absolute Gasteiger partial charge is 0.348 e. The third-order valence-electron chi connectivity index (χ3n) is 4.77. The van der Waals surface area contributed by atoms with E-state index < -0.39 is 0 Å². The first kappa shape index (κ1) is 21.0. The molecule has 0 saturated carbocycles. The number of fused-ring (bicyclic) bond motifs is 1. The molecular weight excluding hydrogens is 388 g/mol. The Kier molecular flexibility index (Phi) is 6.66. The number of hydrogen-bond donors (Lipinski definition) is 1. The first-order chi connectivity index (χ1) is 14.0. The lowest BCUT2D eigenvalue weighted by atomic mass is 10.0. The van der Waals surface area contributed by atoms with Crippen LogP contribution in [0.4, 0.5) is 5.82 Å². The summed E-state index contributed by atoms with van der Waals surface area (Å²) in [6.45, 7) is 4.66. The number of nitrogens with one attached hydrogen (secondary N) is 1. The van der Waals surface area contributed by atoms with Gasteiger partial charge in [0.25, 0.3) is 0 Å². The minimum Gasteiger partial charge on any atom is -0.496 e. The zero-order valence-corrected chi connectivity index (χ0v) is 18.2. The highest BCUT2D eigenvalue weighted by molar-refractivity contribution is 7.20. The van der Waals surface area contributed by atoms with Gasteiger partial charge in [0, 0.05) is 12.1 Å². The van der Waals surface area contributed by atoms with E-state index in [-0.39, 0.29) is 12.0 Å². The molecule has 2 heterocycles. The molecule has 2 aromatic heterocycles. The molecule has 1 aromatic carbocycles. The van der Waals surface area contributed by atoms with Crippen LogP contribution >= 0.6 is 11.3 Å². The number of methoxy groups -OCH3 is 1. The lowest BCUT2D eigenvalue weighted by Gasteiger charge is -2.27. The second-order valence-electron chi connectivity index (χ2n) is 6.78. The number of likely N-dealkylation sites (N-methyl/N-ethyl adjacent to an activating group) is 1. The summed E-state index contributed by atoms with van der Waals surface area (Å²) in [7, 11) is 5.74. The number of thiophene rings is 1. The molecule has 3 aromatic rings. The van der Waals surface area contributed by atoms with Gasteiger partial charge in [0.15, 0.2) is 0 Å². The topological polar surface area (TPSA) is 76.6 Å². The quantitative estimate of drug-likeness (QED) is 0.560. The van der Waals surface area contributed by atoms with Crippen molar-refractivity contribution in [2.75, 3.05) is 39.7 Å². The van der Waals surface area contributed by atoms with E-state index in [0.29, 0.717) is 23.8 Å². The number of nitrogens with zero attached hydrogens (tertiary/aromatic N) is 3. The van der Waals surface area contributed by atoms with Gasteiger partial charge in [-0.05, 0) is 39.6 Å². The first-order valence-corrected chi connectivity index (χ1v) is 10.2. The van der Waals surface area contributed by atoms with Gasteiger partial charge in [-0.15, -0.1) is 11.3 Å². The van der Waals surface area contributed by atoms with Gasteiger partial charge in [-0.2, -0.15) is 0 Å². The Morgan fingerprint density at radius 2 is 2.03 bits per heavy atom. The first-order valence-electron chi connectivity index (χ1n) is 9.42. The van der Waals surface area contributed by atoms with Crippen LogP contribution in [-0.4, -0.2) is 55.2 Å². The normalized spacial score (nSPS) is 12.2. The van der Waals surface area contributed by atoms with E-state index in [9.17, 15) is 4.79 Å². The lowest BCUT2D eigenvalue weighted by Crippen LogP contribution is -2.27. The van der Waals surface area contributed by atoms with Crippen LogP contribution in [0.5, 0.6) is 5.75 Å². The maximum absolute atomic E-state index is 12.3. The van der Waals surface area contributed by atoms with Crippen LogP contribution in [-0.2, 0) is 4.74 Å². The fourth-order valence-corrected chi connectivity index (χ4v) is 4.35. The van der Waals surface area contributed by atoms with Crippen molar-refractivity contribution in [3.63, 3.8) is 0 Å². The minimum atomic E-state index is -0.320. The summed E-state index contributed by atoms with van der Waals surface area (Å²) >= 11 is 1.33. The zero-order valence-electron chi connectivity index (χ0n) is 17.4. The van der Waals surface area contributed by atoms with Crippen molar-refractivity contribution in [1.82, 2.24) is 14.9 Å². The zero-order chi connectivity index (χ0) is 21.0. The predicted octanol–water partition coefficient (Wildman–Crippen LogP) is 3.90. The van der Waals surface area contributed by atoms with Crippen LogP contribution in [0.2, 0.25) is 0 Å². The number of para-hydroxylation sites is 1. The van der Waals surface area contributed by atoms with Crippen LogP contribution in [0.15, 0.2) is 30.6 Å². The van der Waals surface area contributed by atoms with Crippen molar-refractivity contribution in [1.29, 1.82) is 0 Å². The van der Waals surface area contributed by atoms with Gasteiger partial charge < -0.3 is 19.7 Å². The number of rotatable bonds is 8. The summed E-state index contributed by atoms with van der Waals surface area (Å²) in [5.74, 6) is 1.23. The second kappa shape index (κ2) is 9.19. The Balaban J connectivity index is 1.92. The Hall–Kier alpha value is -2.71. The Morgan fingerprint density at radius 1 is 1.28 bits per heavy atom. The van der Waals surface area contributed by atoms with Crippen molar-refractivity contribution in [2.45, 2.75) is 19.9 Å². The summed E-state index contributed by atoms with van der Waals surface area (Å²) < 4.78 is 10.7. The third-order valence-corrected chi connectivity index (χ3v) is 5.95. The van der Waals surface area contributed by atoms with Crippen LogP contribution in [0, 0.1) is 6.92 Å². The van der Waals surface area contributed by atoms with E-state index in [0.717, 1.165) is 27.1 Å². The molecule has 0 aliphatic heterocycles. The number of carbonyl (C=O) groups excluding carboxylic acids is 1. The molecule has 1 atom stereocenters. The van der Waals surface area contributed by atoms with E-state index in [4.69, 9.17) is 9.47 Å². The fraction of sp³-hybridized carbons (Fsp3) is 0.381. The molecule has 1 N–H and O–H groups in total. The van der Waals surface area contributed by atoms with E-state index in [1.165, 1.54) is 17.7 Å². The number of esters is 1. The van der Waals surface area contributed by atoms with Gasteiger partial charge in [-0.25, -0.2) is 14.8 Å².